The van der Waals surface area contributed by atoms with Crippen molar-refractivity contribution in [3.05, 3.63) is 52.1 Å². The summed E-state index contributed by atoms with van der Waals surface area (Å²) in [7, 11) is -3.79. The van der Waals surface area contributed by atoms with Crippen molar-refractivity contribution in [3.63, 3.8) is 0 Å². The first-order valence-electron chi connectivity index (χ1n) is 6.06. The number of benzene rings is 1. The van der Waals surface area contributed by atoms with Crippen LogP contribution in [0.2, 0.25) is 0 Å². The van der Waals surface area contributed by atoms with Crippen LogP contribution in [-0.4, -0.2) is 20.1 Å². The van der Waals surface area contributed by atoms with Crippen LogP contribution in [-0.2, 0) is 23.1 Å². The second kappa shape index (κ2) is 6.69. The quantitative estimate of drug-likeness (QED) is 0.808. The van der Waals surface area contributed by atoms with Gasteiger partial charge in [-0.2, -0.15) is 0 Å². The molecule has 0 aliphatic heterocycles. The lowest BCUT2D eigenvalue weighted by molar-refractivity contribution is 0.245. The van der Waals surface area contributed by atoms with E-state index in [1.165, 1.54) is 12.1 Å². The molecule has 2 rings (SSSR count). The minimum Gasteiger partial charge on any atom is -0.450 e. The molecule has 1 aromatic carbocycles. The first kappa shape index (κ1) is 16.2. The van der Waals surface area contributed by atoms with Gasteiger partial charge in [0.05, 0.1) is 0 Å². The van der Waals surface area contributed by atoms with Crippen molar-refractivity contribution in [2.24, 2.45) is 0 Å². The molecule has 1 aromatic heterocycles. The number of nitrogens with one attached hydrogen (secondary N) is 1. The third-order valence-electron chi connectivity index (χ3n) is 2.80. The van der Waals surface area contributed by atoms with E-state index in [0.717, 1.165) is 0 Å². The summed E-state index contributed by atoms with van der Waals surface area (Å²) >= 11 is 2.99. The molecule has 0 saturated carbocycles. The summed E-state index contributed by atoms with van der Waals surface area (Å²) < 4.78 is 45.0. The molecule has 2 aromatic rings. The second-order valence-electron chi connectivity index (χ2n) is 4.25. The van der Waals surface area contributed by atoms with Gasteiger partial charge in [-0.05, 0) is 34.0 Å². The van der Waals surface area contributed by atoms with E-state index in [0.29, 0.717) is 5.56 Å². The zero-order valence-corrected chi connectivity index (χ0v) is 13.2. The molecule has 0 saturated heterocycles. The lowest BCUT2D eigenvalue weighted by Gasteiger charge is -2.06. The van der Waals surface area contributed by atoms with E-state index in [9.17, 15) is 12.8 Å². The first-order chi connectivity index (χ1) is 9.94. The monoisotopic (exact) mass is 377 g/mol. The zero-order valence-electron chi connectivity index (χ0n) is 10.8. The van der Waals surface area contributed by atoms with Crippen LogP contribution in [0.4, 0.5) is 4.39 Å². The van der Waals surface area contributed by atoms with Gasteiger partial charge in [0.15, 0.2) is 4.67 Å². The minimum absolute atomic E-state index is 0.0185. The number of furan rings is 1. The van der Waals surface area contributed by atoms with Crippen LogP contribution in [0.25, 0.3) is 0 Å². The summed E-state index contributed by atoms with van der Waals surface area (Å²) in [6.45, 7) is -0.349. The minimum atomic E-state index is -3.79. The molecule has 0 fully saturated rings. The van der Waals surface area contributed by atoms with Crippen molar-refractivity contribution < 1.29 is 22.3 Å². The van der Waals surface area contributed by atoms with Gasteiger partial charge in [-0.15, -0.1) is 0 Å². The number of hydrogen-bond donors (Lipinski definition) is 2. The lowest BCUT2D eigenvalue weighted by Crippen LogP contribution is -2.26. The molecule has 0 bridgehead atoms. The fourth-order valence-corrected chi connectivity index (χ4v) is 3.79. The van der Waals surface area contributed by atoms with Crippen LogP contribution < -0.4 is 4.72 Å². The van der Waals surface area contributed by atoms with Crippen molar-refractivity contribution in [1.82, 2.24) is 4.72 Å². The highest BCUT2D eigenvalue weighted by Gasteiger charge is 2.22. The Labute approximate surface area is 130 Å². The number of aliphatic hydroxyl groups excluding tert-OH is 1. The molecular formula is C13H13BrFNO4S. The fraction of sp³-hybridized carbons (Fsp3) is 0.231. The molecule has 21 heavy (non-hydrogen) atoms. The van der Waals surface area contributed by atoms with Crippen LogP contribution in [0.15, 0.2) is 44.3 Å². The summed E-state index contributed by atoms with van der Waals surface area (Å²) in [6, 6.07) is 7.41. The van der Waals surface area contributed by atoms with Gasteiger partial charge < -0.3 is 9.52 Å². The number of aliphatic hydroxyl groups is 1. The normalized spacial score (nSPS) is 11.8. The van der Waals surface area contributed by atoms with Gasteiger partial charge in [-0.25, -0.2) is 17.5 Å². The number of rotatable bonds is 6. The Kier molecular flexibility index (Phi) is 5.15. The van der Waals surface area contributed by atoms with Crippen LogP contribution in [0.1, 0.15) is 11.3 Å². The predicted octanol–water partition coefficient (Wildman–Crippen LogP) is 2.19. The lowest BCUT2D eigenvalue weighted by atomic mass is 10.1. The number of hydrogen-bond acceptors (Lipinski definition) is 4. The maximum Gasteiger partial charge on any atom is 0.244 e. The van der Waals surface area contributed by atoms with E-state index in [1.807, 2.05) is 0 Å². The van der Waals surface area contributed by atoms with Gasteiger partial charge in [0.25, 0.3) is 0 Å². The molecule has 114 valence electrons. The van der Waals surface area contributed by atoms with Gasteiger partial charge in [0.2, 0.25) is 10.0 Å². The Morgan fingerprint density at radius 2 is 2.05 bits per heavy atom. The van der Waals surface area contributed by atoms with E-state index >= 15 is 0 Å². The SMILES string of the molecule is O=S(=O)(NCCc1ccccc1F)c1cc(CO)oc1Br. The van der Waals surface area contributed by atoms with Crippen LogP contribution >= 0.6 is 15.9 Å². The molecule has 0 unspecified atom stereocenters. The van der Waals surface area contributed by atoms with E-state index in [1.54, 1.807) is 18.2 Å². The van der Waals surface area contributed by atoms with Crippen LogP contribution in [0.3, 0.4) is 0 Å². The summed E-state index contributed by atoms with van der Waals surface area (Å²) in [5.74, 6) is -0.236. The molecule has 0 radical (unpaired) electrons. The third-order valence-corrected chi connectivity index (χ3v) is 5.11. The molecule has 2 N–H and O–H groups in total. The van der Waals surface area contributed by atoms with E-state index < -0.39 is 16.6 Å². The highest BCUT2D eigenvalue weighted by Crippen LogP contribution is 2.26. The van der Waals surface area contributed by atoms with E-state index in [2.05, 4.69) is 20.7 Å². The van der Waals surface area contributed by atoms with E-state index in [-0.39, 0.29) is 34.1 Å². The average Bonchev–Trinajstić information content (AvgIpc) is 2.83. The Hall–Kier alpha value is -1.22. The largest absolute Gasteiger partial charge is 0.450 e. The van der Waals surface area contributed by atoms with Gasteiger partial charge in [-0.3, -0.25) is 0 Å². The Bertz CT molecular complexity index is 730. The highest BCUT2D eigenvalue weighted by molar-refractivity contribution is 9.10. The summed E-state index contributed by atoms with van der Waals surface area (Å²) in [5, 5.41) is 8.92. The predicted molar refractivity (Wildman–Crippen MR) is 77.6 cm³/mol. The Morgan fingerprint density at radius 3 is 2.67 bits per heavy atom. The Balaban J connectivity index is 2.05. The van der Waals surface area contributed by atoms with Crippen LogP contribution in [0.5, 0.6) is 0 Å². The zero-order chi connectivity index (χ0) is 15.5. The fourth-order valence-electron chi connectivity index (χ4n) is 1.76. The molecule has 1 heterocycles. The highest BCUT2D eigenvalue weighted by atomic mass is 79.9. The van der Waals surface area contributed by atoms with E-state index in [4.69, 9.17) is 9.52 Å². The van der Waals surface area contributed by atoms with Gasteiger partial charge >= 0.3 is 0 Å². The maximum absolute atomic E-state index is 13.4. The average molecular weight is 378 g/mol. The topological polar surface area (TPSA) is 79.5 Å². The summed E-state index contributed by atoms with van der Waals surface area (Å²) in [6.07, 6.45) is 0.230. The third kappa shape index (κ3) is 3.91. The molecule has 0 aliphatic rings. The van der Waals surface area contributed by atoms with Gasteiger partial charge in [0.1, 0.15) is 23.1 Å². The smallest absolute Gasteiger partial charge is 0.244 e. The molecule has 0 atom stereocenters. The van der Waals surface area contributed by atoms with Crippen molar-refractivity contribution in [3.8, 4) is 0 Å². The number of halogens is 2. The van der Waals surface area contributed by atoms with Crippen molar-refractivity contribution in [2.45, 2.75) is 17.9 Å². The molecular weight excluding hydrogens is 365 g/mol. The molecule has 0 spiro atoms. The first-order valence-corrected chi connectivity index (χ1v) is 8.34. The van der Waals surface area contributed by atoms with Crippen LogP contribution in [0, 0.1) is 5.82 Å². The van der Waals surface area contributed by atoms with Gasteiger partial charge in [0, 0.05) is 12.6 Å². The molecule has 8 heteroatoms. The summed E-state index contributed by atoms with van der Waals surface area (Å²) in [4.78, 5) is -0.0971. The standard InChI is InChI=1S/C13H13BrFNO4S/c14-13-12(7-10(8-17)20-13)21(18,19)16-6-5-9-3-1-2-4-11(9)15/h1-4,7,16-17H,5-6,8H2. The number of sulfonamides is 1. The second-order valence-corrected chi connectivity index (χ2v) is 6.70. The maximum atomic E-state index is 13.4. The summed E-state index contributed by atoms with van der Waals surface area (Å²) in [5.41, 5.74) is 0.433. The molecule has 5 nitrogen and oxygen atoms in total. The van der Waals surface area contributed by atoms with Crippen molar-refractivity contribution >= 4 is 26.0 Å². The molecule has 0 amide bonds. The van der Waals surface area contributed by atoms with Crippen molar-refractivity contribution in [2.75, 3.05) is 6.54 Å². The van der Waals surface area contributed by atoms with Crippen molar-refractivity contribution in [1.29, 1.82) is 0 Å². The molecule has 0 aliphatic carbocycles. The Morgan fingerprint density at radius 1 is 1.33 bits per heavy atom. The van der Waals surface area contributed by atoms with Gasteiger partial charge in [-0.1, -0.05) is 18.2 Å².